The Labute approximate surface area is 233 Å². The molecule has 0 aromatic heterocycles. The summed E-state index contributed by atoms with van der Waals surface area (Å²) in [5.41, 5.74) is 0. The molecule has 0 aromatic rings. The minimum Gasteiger partial charge on any atom is -0.316 e. The van der Waals surface area contributed by atoms with Gasteiger partial charge in [-0.2, -0.15) is 123 Å². The van der Waals surface area contributed by atoms with Crippen molar-refractivity contribution in [2.45, 2.75) is 90.3 Å². The van der Waals surface area contributed by atoms with Crippen LogP contribution in [-0.2, 0) is 0 Å². The highest BCUT2D eigenvalue weighted by Gasteiger charge is 2.95. The molecule has 0 aliphatic heterocycles. The summed E-state index contributed by atoms with van der Waals surface area (Å²) in [6.45, 7) is -4.79. The van der Waals surface area contributed by atoms with E-state index in [0.717, 1.165) is 5.32 Å². The van der Waals surface area contributed by atoms with Crippen LogP contribution in [0.5, 0.6) is 0 Å². The largest absolute Gasteiger partial charge is 0.460 e. The van der Waals surface area contributed by atoms with Gasteiger partial charge >= 0.3 is 77.5 Å². The Morgan fingerprint density at radius 3 is 0.630 bits per heavy atom. The van der Waals surface area contributed by atoms with Crippen molar-refractivity contribution in [1.82, 2.24) is 5.32 Å². The molecule has 46 heavy (non-hydrogen) atoms. The molecule has 278 valence electrons. The van der Waals surface area contributed by atoms with Crippen LogP contribution in [0.4, 0.5) is 123 Å². The van der Waals surface area contributed by atoms with Crippen molar-refractivity contribution in [1.29, 1.82) is 0 Å². The zero-order valence-electron chi connectivity index (χ0n) is 20.4. The maximum Gasteiger partial charge on any atom is 0.460 e. The molecule has 0 aliphatic carbocycles. The van der Waals surface area contributed by atoms with Crippen LogP contribution < -0.4 is 5.32 Å². The Morgan fingerprint density at radius 1 is 0.239 bits per heavy atom. The first-order valence-electron chi connectivity index (χ1n) is 10.5. The molecule has 0 spiro atoms. The molecule has 0 heterocycles. The van der Waals surface area contributed by atoms with Crippen LogP contribution in [0.1, 0.15) is 12.8 Å². The molecule has 0 saturated heterocycles. The second-order valence-electron chi connectivity index (χ2n) is 8.82. The third kappa shape index (κ3) is 6.17. The highest BCUT2D eigenvalue weighted by molar-refractivity contribution is 5.15. The molecule has 0 aromatic carbocycles. The molecule has 0 fully saturated rings. The van der Waals surface area contributed by atoms with Crippen molar-refractivity contribution < 1.29 is 123 Å². The first-order chi connectivity index (χ1) is 19.5. The van der Waals surface area contributed by atoms with Gasteiger partial charge in [0.25, 0.3) is 0 Å². The van der Waals surface area contributed by atoms with Gasteiger partial charge in [-0.15, -0.1) is 0 Å². The van der Waals surface area contributed by atoms with E-state index in [1.165, 1.54) is 0 Å². The van der Waals surface area contributed by atoms with Crippen LogP contribution in [-0.4, -0.2) is 90.6 Å². The average Bonchev–Trinajstić information content (AvgIpc) is 2.81. The fourth-order valence-electron chi connectivity index (χ4n) is 2.73. The average molecular weight is 759 g/mol. The molecule has 1 N–H and O–H groups in total. The predicted molar refractivity (Wildman–Crippen MR) is 88.6 cm³/mol. The standard InChI is InChI=1S/C17H9F28N/c18-5(19,1-3-46-4-2-6(20,21)8(24,25)10(28,29)14(36,37)16(40,41)42)7(22,23)9(26,27)11(30,31)12(32,33)13(34,35)15(38,39)17(43,44)45/h46H,1-4H2. The number of rotatable bonds is 15. The summed E-state index contributed by atoms with van der Waals surface area (Å²) in [4.78, 5) is 0. The normalized spacial score (nSPS) is 16.7. The Kier molecular flexibility index (Phi) is 11.1. The smallest absolute Gasteiger partial charge is 0.316 e. The molecule has 0 unspecified atom stereocenters. The van der Waals surface area contributed by atoms with Crippen molar-refractivity contribution in [3.05, 3.63) is 0 Å². The Morgan fingerprint density at radius 2 is 0.413 bits per heavy atom. The molecule has 1 nitrogen and oxygen atoms in total. The van der Waals surface area contributed by atoms with Gasteiger partial charge in [-0.1, -0.05) is 0 Å². The van der Waals surface area contributed by atoms with E-state index in [2.05, 4.69) is 0 Å². The highest BCUT2D eigenvalue weighted by Crippen LogP contribution is 2.64. The molecular weight excluding hydrogens is 750 g/mol. The van der Waals surface area contributed by atoms with Crippen LogP contribution in [0, 0.1) is 0 Å². The fourth-order valence-corrected chi connectivity index (χ4v) is 2.73. The minimum atomic E-state index is -8.96. The van der Waals surface area contributed by atoms with Crippen molar-refractivity contribution in [3.63, 3.8) is 0 Å². The van der Waals surface area contributed by atoms with Crippen LogP contribution in [0.15, 0.2) is 0 Å². The third-order valence-electron chi connectivity index (χ3n) is 5.62. The van der Waals surface area contributed by atoms with Crippen LogP contribution in [0.2, 0.25) is 0 Å². The van der Waals surface area contributed by atoms with Crippen LogP contribution >= 0.6 is 0 Å². The summed E-state index contributed by atoms with van der Waals surface area (Å²) in [5.74, 6) is -89.4. The maximum atomic E-state index is 13.7. The number of nitrogens with one attached hydrogen (secondary N) is 1. The number of hydrogen-bond acceptors (Lipinski definition) is 1. The Bertz CT molecular complexity index is 1050. The lowest BCUT2D eigenvalue weighted by Crippen LogP contribution is -2.74. The van der Waals surface area contributed by atoms with Gasteiger partial charge in [0.2, 0.25) is 0 Å². The summed E-state index contributed by atoms with van der Waals surface area (Å²) in [6.07, 6.45) is -22.1. The Hall–Kier alpha value is -2.00. The lowest BCUT2D eigenvalue weighted by atomic mass is 9.88. The second kappa shape index (κ2) is 11.6. The first-order valence-corrected chi connectivity index (χ1v) is 10.5. The zero-order chi connectivity index (χ0) is 38.0. The van der Waals surface area contributed by atoms with E-state index in [1.54, 1.807) is 0 Å². The van der Waals surface area contributed by atoms with Gasteiger partial charge in [-0.05, 0) is 0 Å². The maximum absolute atomic E-state index is 13.7. The third-order valence-corrected chi connectivity index (χ3v) is 5.62. The van der Waals surface area contributed by atoms with Gasteiger partial charge in [0, 0.05) is 25.9 Å². The minimum absolute atomic E-state index is 0.737. The van der Waals surface area contributed by atoms with E-state index in [1.807, 2.05) is 0 Å². The lowest BCUT2D eigenvalue weighted by Gasteiger charge is -2.42. The summed E-state index contributed by atoms with van der Waals surface area (Å²) in [6, 6.07) is 0. The van der Waals surface area contributed by atoms with E-state index in [4.69, 9.17) is 0 Å². The number of halogens is 28. The topological polar surface area (TPSA) is 12.0 Å². The second-order valence-corrected chi connectivity index (χ2v) is 8.82. The number of hydrogen-bond donors (Lipinski definition) is 1. The van der Waals surface area contributed by atoms with Crippen molar-refractivity contribution >= 4 is 0 Å². The molecule has 0 amide bonds. The molecule has 0 saturated carbocycles. The molecule has 0 atom stereocenters. The molecule has 0 radical (unpaired) electrons. The van der Waals surface area contributed by atoms with Crippen molar-refractivity contribution in [2.75, 3.05) is 13.1 Å². The van der Waals surface area contributed by atoms with E-state index < -0.39 is 103 Å². The summed E-state index contributed by atoms with van der Waals surface area (Å²) in [7, 11) is 0. The molecule has 0 rings (SSSR count). The fraction of sp³-hybridized carbons (Fsp3) is 1.00. The van der Waals surface area contributed by atoms with Gasteiger partial charge in [0.15, 0.2) is 0 Å². The highest BCUT2D eigenvalue weighted by atomic mass is 19.4. The predicted octanol–water partition coefficient (Wildman–Crippen LogP) is 9.47. The van der Waals surface area contributed by atoms with Gasteiger partial charge in [-0.3, -0.25) is 0 Å². The van der Waals surface area contributed by atoms with Gasteiger partial charge in [0.05, 0.1) is 0 Å². The van der Waals surface area contributed by atoms with E-state index in [0.29, 0.717) is 0 Å². The number of alkyl halides is 28. The lowest BCUT2D eigenvalue weighted by molar-refractivity contribution is -0.461. The molecule has 29 heteroatoms. The van der Waals surface area contributed by atoms with E-state index in [-0.39, 0.29) is 0 Å². The molecular formula is C17H9F28N. The zero-order valence-corrected chi connectivity index (χ0v) is 20.4. The quantitative estimate of drug-likeness (QED) is 0.130. The van der Waals surface area contributed by atoms with Gasteiger partial charge in [-0.25, -0.2) is 0 Å². The monoisotopic (exact) mass is 759 g/mol. The van der Waals surface area contributed by atoms with Crippen molar-refractivity contribution in [2.24, 2.45) is 0 Å². The summed E-state index contributed by atoms with van der Waals surface area (Å²) in [5, 5.41) is 0.737. The SMILES string of the molecule is FC(F)(F)C(F)(F)C(F)(F)C(F)(F)C(F)(F)CCNCCC(F)(F)C(F)(F)C(F)(F)C(F)(F)C(F)(F)C(F)(F)C(F)(F)C(F)(F)F. The first kappa shape index (κ1) is 44.0. The van der Waals surface area contributed by atoms with Crippen LogP contribution in [0.25, 0.3) is 0 Å². The molecule has 0 aliphatic rings. The van der Waals surface area contributed by atoms with Crippen LogP contribution in [0.3, 0.4) is 0 Å². The van der Waals surface area contributed by atoms with Gasteiger partial charge in [0.1, 0.15) is 0 Å². The summed E-state index contributed by atoms with van der Waals surface area (Å²) < 4.78 is 364. The van der Waals surface area contributed by atoms with Gasteiger partial charge < -0.3 is 5.32 Å². The molecule has 0 bridgehead atoms. The Balaban J connectivity index is 6.04. The van der Waals surface area contributed by atoms with E-state index in [9.17, 15) is 123 Å². The van der Waals surface area contributed by atoms with Crippen molar-refractivity contribution in [3.8, 4) is 0 Å². The van der Waals surface area contributed by atoms with E-state index >= 15 is 0 Å². The summed E-state index contributed by atoms with van der Waals surface area (Å²) >= 11 is 0.